The molecule has 0 unspecified atom stereocenters. The summed E-state index contributed by atoms with van der Waals surface area (Å²) < 4.78 is 0.418. The number of benzene rings is 1. The van der Waals surface area contributed by atoms with E-state index in [0.29, 0.717) is 15.0 Å². The minimum Gasteiger partial charge on any atom is -0.326 e. The van der Waals surface area contributed by atoms with Gasteiger partial charge in [-0.05, 0) is 24.6 Å². The van der Waals surface area contributed by atoms with Crippen molar-refractivity contribution in [1.82, 2.24) is 5.32 Å². The Morgan fingerprint density at radius 3 is 2.89 bits per heavy atom. The highest BCUT2D eigenvalue weighted by Crippen LogP contribution is 2.24. The van der Waals surface area contributed by atoms with E-state index in [1.807, 2.05) is 13.0 Å². The summed E-state index contributed by atoms with van der Waals surface area (Å²) in [5.41, 5.74) is 1.56. The second kappa shape index (κ2) is 5.90. The maximum absolute atomic E-state index is 11.8. The van der Waals surface area contributed by atoms with Crippen molar-refractivity contribution in [3.63, 3.8) is 0 Å². The Morgan fingerprint density at radius 2 is 2.32 bits per heavy atom. The van der Waals surface area contributed by atoms with Gasteiger partial charge in [-0.2, -0.15) is 0 Å². The van der Waals surface area contributed by atoms with Crippen molar-refractivity contribution in [2.24, 2.45) is 0 Å². The topological polar surface area (TPSA) is 58.2 Å². The minimum atomic E-state index is -0.451. The molecule has 0 aromatic heterocycles. The molecule has 0 radical (unpaired) electrons. The number of nitrogens with one attached hydrogen (secondary N) is 2. The molecule has 2 N–H and O–H groups in total. The van der Waals surface area contributed by atoms with Crippen molar-refractivity contribution in [3.8, 4) is 0 Å². The van der Waals surface area contributed by atoms with Crippen LogP contribution in [0.3, 0.4) is 0 Å². The van der Waals surface area contributed by atoms with E-state index in [0.717, 1.165) is 5.56 Å². The molecule has 1 aliphatic rings. The Hall–Kier alpha value is -1.11. The smallest absolute Gasteiger partial charge is 0.239 e. The van der Waals surface area contributed by atoms with Crippen LogP contribution in [-0.4, -0.2) is 21.4 Å². The Balaban J connectivity index is 1.96. The van der Waals surface area contributed by atoms with Gasteiger partial charge in [-0.1, -0.05) is 41.6 Å². The van der Waals surface area contributed by atoms with Gasteiger partial charge < -0.3 is 10.6 Å². The van der Waals surface area contributed by atoms with Crippen LogP contribution in [0.15, 0.2) is 18.2 Å². The largest absolute Gasteiger partial charge is 0.326 e. The van der Waals surface area contributed by atoms with Gasteiger partial charge in [0.1, 0.15) is 4.32 Å². The van der Waals surface area contributed by atoms with Gasteiger partial charge >= 0.3 is 0 Å². The van der Waals surface area contributed by atoms with E-state index in [9.17, 15) is 9.59 Å². The van der Waals surface area contributed by atoms with Gasteiger partial charge in [0.25, 0.3) is 0 Å². The van der Waals surface area contributed by atoms with E-state index in [-0.39, 0.29) is 18.2 Å². The zero-order valence-corrected chi connectivity index (χ0v) is 12.4. The number of hydrogen-bond acceptors (Lipinski definition) is 4. The predicted molar refractivity (Wildman–Crippen MR) is 81.6 cm³/mol. The minimum absolute atomic E-state index is 0.0855. The SMILES string of the molecule is Cc1ccc(NC(=O)C[C@@H]2SC(=S)NC2=O)cc1Cl. The summed E-state index contributed by atoms with van der Waals surface area (Å²) >= 11 is 12.0. The summed E-state index contributed by atoms with van der Waals surface area (Å²) in [5, 5.41) is 5.36. The molecule has 1 atom stereocenters. The number of thioether (sulfide) groups is 1. The molecule has 7 heteroatoms. The lowest BCUT2D eigenvalue weighted by Gasteiger charge is -2.08. The third kappa shape index (κ3) is 3.68. The molecule has 1 aromatic carbocycles. The van der Waals surface area contributed by atoms with Gasteiger partial charge in [-0.25, -0.2) is 0 Å². The number of rotatable bonds is 3. The summed E-state index contributed by atoms with van der Waals surface area (Å²) in [6.07, 6.45) is 0.0855. The first kappa shape index (κ1) is 14.3. The Morgan fingerprint density at radius 1 is 1.58 bits per heavy atom. The highest BCUT2D eigenvalue weighted by Gasteiger charge is 2.30. The fourth-order valence-corrected chi connectivity index (χ4v) is 3.03. The average molecular weight is 315 g/mol. The number of hydrogen-bond donors (Lipinski definition) is 2. The fourth-order valence-electron chi connectivity index (χ4n) is 1.58. The lowest BCUT2D eigenvalue weighted by Crippen LogP contribution is -2.27. The van der Waals surface area contributed by atoms with Crippen LogP contribution in [0.4, 0.5) is 5.69 Å². The number of carbonyl (C=O) groups is 2. The Bertz CT molecular complexity index is 563. The van der Waals surface area contributed by atoms with Crippen molar-refractivity contribution in [2.75, 3.05) is 5.32 Å². The quantitative estimate of drug-likeness (QED) is 0.842. The summed E-state index contributed by atoms with van der Waals surface area (Å²) in [4.78, 5) is 23.3. The second-order valence-corrected chi connectivity index (χ2v) is 6.39. The van der Waals surface area contributed by atoms with Crippen LogP contribution in [0.25, 0.3) is 0 Å². The van der Waals surface area contributed by atoms with Crippen LogP contribution >= 0.6 is 35.6 Å². The van der Waals surface area contributed by atoms with Crippen molar-refractivity contribution in [2.45, 2.75) is 18.6 Å². The monoisotopic (exact) mass is 314 g/mol. The van der Waals surface area contributed by atoms with Gasteiger partial charge in [-0.15, -0.1) is 0 Å². The molecule has 2 rings (SSSR count). The van der Waals surface area contributed by atoms with E-state index in [1.165, 1.54) is 11.8 Å². The molecule has 1 saturated heterocycles. The molecule has 1 aliphatic heterocycles. The van der Waals surface area contributed by atoms with Gasteiger partial charge in [0.2, 0.25) is 11.8 Å². The number of anilines is 1. The number of thiocarbonyl (C=S) groups is 1. The number of aryl methyl sites for hydroxylation is 1. The molecular formula is C12H11ClN2O2S2. The van der Waals surface area contributed by atoms with Crippen LogP contribution in [0.5, 0.6) is 0 Å². The molecule has 0 aliphatic carbocycles. The predicted octanol–water partition coefficient (Wildman–Crippen LogP) is 2.49. The van der Waals surface area contributed by atoms with Crippen LogP contribution in [0.2, 0.25) is 5.02 Å². The fraction of sp³-hybridized carbons (Fsp3) is 0.250. The first-order chi connectivity index (χ1) is 8.95. The zero-order valence-electron chi connectivity index (χ0n) is 10.0. The summed E-state index contributed by atoms with van der Waals surface area (Å²) in [7, 11) is 0. The normalized spacial score (nSPS) is 18.3. The summed E-state index contributed by atoms with van der Waals surface area (Å²) in [5.74, 6) is -0.454. The molecule has 1 heterocycles. The van der Waals surface area contributed by atoms with E-state index in [4.69, 9.17) is 23.8 Å². The van der Waals surface area contributed by atoms with Crippen LogP contribution in [0.1, 0.15) is 12.0 Å². The first-order valence-corrected chi connectivity index (χ1v) is 7.20. The van der Waals surface area contributed by atoms with Crippen molar-refractivity contribution >= 4 is 57.4 Å². The standard InChI is InChI=1S/C12H11ClN2O2S2/c1-6-2-3-7(4-8(6)13)14-10(16)5-9-11(17)15-12(18)19-9/h2-4,9H,5H2,1H3,(H,14,16)(H,15,17,18)/t9-/m0/s1. The molecule has 0 bridgehead atoms. The van der Waals surface area contributed by atoms with Gasteiger partial charge in [0, 0.05) is 17.1 Å². The van der Waals surface area contributed by atoms with Gasteiger partial charge in [0.15, 0.2) is 0 Å². The third-order valence-electron chi connectivity index (χ3n) is 2.59. The Kier molecular flexibility index (Phi) is 4.44. The highest BCUT2D eigenvalue weighted by molar-refractivity contribution is 8.24. The maximum atomic E-state index is 11.8. The highest BCUT2D eigenvalue weighted by atomic mass is 35.5. The molecule has 1 fully saturated rings. The summed E-state index contributed by atoms with van der Waals surface area (Å²) in [6.45, 7) is 1.88. The molecule has 1 aromatic rings. The molecule has 4 nitrogen and oxygen atoms in total. The molecule has 2 amide bonds. The van der Waals surface area contributed by atoms with E-state index in [2.05, 4.69) is 10.6 Å². The number of amides is 2. The molecule has 0 spiro atoms. The van der Waals surface area contributed by atoms with Crippen molar-refractivity contribution < 1.29 is 9.59 Å². The Labute approximate surface area is 125 Å². The summed E-state index contributed by atoms with van der Waals surface area (Å²) in [6, 6.07) is 5.27. The van der Waals surface area contributed by atoms with Crippen LogP contribution in [0, 0.1) is 6.92 Å². The number of halogens is 1. The van der Waals surface area contributed by atoms with Crippen LogP contribution in [-0.2, 0) is 9.59 Å². The third-order valence-corrected chi connectivity index (χ3v) is 4.37. The molecule has 19 heavy (non-hydrogen) atoms. The lowest BCUT2D eigenvalue weighted by atomic mass is 10.2. The lowest BCUT2D eigenvalue weighted by molar-refractivity contribution is -0.122. The average Bonchev–Trinajstić information content (AvgIpc) is 2.62. The zero-order chi connectivity index (χ0) is 14.0. The van der Waals surface area contributed by atoms with E-state index >= 15 is 0 Å². The van der Waals surface area contributed by atoms with Crippen molar-refractivity contribution in [1.29, 1.82) is 0 Å². The van der Waals surface area contributed by atoms with E-state index < -0.39 is 5.25 Å². The van der Waals surface area contributed by atoms with Gasteiger partial charge in [-0.3, -0.25) is 9.59 Å². The maximum Gasteiger partial charge on any atom is 0.239 e. The van der Waals surface area contributed by atoms with Crippen LogP contribution < -0.4 is 10.6 Å². The first-order valence-electron chi connectivity index (χ1n) is 5.53. The molecule has 0 saturated carbocycles. The van der Waals surface area contributed by atoms with Crippen molar-refractivity contribution in [3.05, 3.63) is 28.8 Å². The number of carbonyl (C=O) groups excluding carboxylic acids is 2. The molecular weight excluding hydrogens is 304 g/mol. The molecule has 100 valence electrons. The van der Waals surface area contributed by atoms with E-state index in [1.54, 1.807) is 12.1 Å². The second-order valence-electron chi connectivity index (χ2n) is 4.10. The van der Waals surface area contributed by atoms with Gasteiger partial charge in [0.05, 0.1) is 5.25 Å².